The molecule has 1 heterocycles. The second kappa shape index (κ2) is 11.2. The summed E-state index contributed by atoms with van der Waals surface area (Å²) < 4.78 is 4.53. The Hall–Kier alpha value is -3.22. The number of allylic oxidation sites excluding steroid dienone is 2. The van der Waals surface area contributed by atoms with Crippen molar-refractivity contribution < 1.29 is 25.4 Å². The van der Waals surface area contributed by atoms with Crippen molar-refractivity contribution >= 4 is 33.7 Å². The maximum absolute atomic E-state index is 9.84. The molecule has 0 bridgehead atoms. The summed E-state index contributed by atoms with van der Waals surface area (Å²) in [7, 11) is 0. The summed E-state index contributed by atoms with van der Waals surface area (Å²) in [4.78, 5) is 0. The average molecular weight is 684 g/mol. The fourth-order valence-corrected chi connectivity index (χ4v) is 26.3. The molecule has 0 saturated carbocycles. The molecule has 1 fully saturated rings. The van der Waals surface area contributed by atoms with Gasteiger partial charge in [-0.3, -0.25) is 0 Å². The first-order valence-electron chi connectivity index (χ1n) is 17.0. The quantitative estimate of drug-likeness (QED) is 0.196. The van der Waals surface area contributed by atoms with Gasteiger partial charge in [-0.25, -0.2) is 0 Å². The predicted octanol–water partition coefficient (Wildman–Crippen LogP) is 12.6. The van der Waals surface area contributed by atoms with Crippen molar-refractivity contribution in [2.45, 2.75) is 81.7 Å². The molecule has 0 spiro atoms. The van der Waals surface area contributed by atoms with Crippen LogP contribution in [0.1, 0.15) is 96.0 Å². The number of fused-ring (bicyclic) bond motifs is 6. The third kappa shape index (κ3) is 5.26. The summed E-state index contributed by atoms with van der Waals surface area (Å²) in [5.41, 5.74) is 12.0. The van der Waals surface area contributed by atoms with E-state index < -0.39 is 20.3 Å². The molecule has 2 unspecified atom stereocenters. The molecule has 1 N–H and O–H groups in total. The van der Waals surface area contributed by atoms with Gasteiger partial charge < -0.3 is 5.11 Å². The molecule has 8 rings (SSSR count). The van der Waals surface area contributed by atoms with Gasteiger partial charge in [0, 0.05) is 0 Å². The third-order valence-corrected chi connectivity index (χ3v) is 24.4. The Morgan fingerprint density at radius 2 is 1.07 bits per heavy atom. The molecule has 2 heteroatoms. The molecule has 1 saturated heterocycles. The van der Waals surface area contributed by atoms with E-state index in [9.17, 15) is 5.11 Å². The number of benzene rings is 5. The monoisotopic (exact) mass is 682 g/mol. The minimum absolute atomic E-state index is 0.00859. The van der Waals surface area contributed by atoms with Gasteiger partial charge in [0.25, 0.3) is 0 Å². The van der Waals surface area contributed by atoms with Crippen LogP contribution in [0.3, 0.4) is 0 Å². The molecule has 46 heavy (non-hydrogen) atoms. The van der Waals surface area contributed by atoms with E-state index in [1.807, 2.05) is 6.07 Å². The summed E-state index contributed by atoms with van der Waals surface area (Å²) in [5, 5.41) is 15.5. The SMILES string of the molecule is CC(C)(C)c1ccc(O)c(C(C)(C)C)c1.CC1=Cc2c(ccc3ccccc23)[CH]1[Zr]1([CH]2C(C)=Cc3c2ccc2ccccc32)[CH2][CH2]1. The summed E-state index contributed by atoms with van der Waals surface area (Å²) in [6.45, 7) is 17.8. The molecule has 234 valence electrons. The molecule has 1 aliphatic heterocycles. The zero-order valence-corrected chi connectivity index (χ0v) is 31.3. The van der Waals surface area contributed by atoms with E-state index in [-0.39, 0.29) is 10.8 Å². The molecule has 0 radical (unpaired) electrons. The molecule has 0 aromatic heterocycles. The van der Waals surface area contributed by atoms with Gasteiger partial charge in [0.05, 0.1) is 0 Å². The average Bonchev–Trinajstić information content (AvgIpc) is 3.58. The summed E-state index contributed by atoms with van der Waals surface area (Å²) in [5.74, 6) is 0.399. The third-order valence-electron chi connectivity index (χ3n) is 10.9. The van der Waals surface area contributed by atoms with Crippen molar-refractivity contribution in [2.24, 2.45) is 0 Å². The number of phenolic OH excluding ortho intramolecular Hbond substituents is 1. The number of hydrogen-bond donors (Lipinski definition) is 1. The second-order valence-corrected chi connectivity index (χ2v) is 27.5. The van der Waals surface area contributed by atoms with Crippen LogP contribution in [0.15, 0.2) is 102 Å². The van der Waals surface area contributed by atoms with Crippen LogP contribution in [0.4, 0.5) is 0 Å². The van der Waals surface area contributed by atoms with E-state index in [1.165, 1.54) is 46.5 Å². The standard InChI is InChI=1S/C14H22O.2C14H11.C2H4.Zr/c1-13(2,3)10-7-8-12(15)11(9-10)14(4,5)6;2*1-10-8-12-7-6-11-4-2-3-5-13(11)14(12)9-10;1-2;/h7-9,15H,1-6H3;2*2-9H,1H3;1-2H2;. The summed E-state index contributed by atoms with van der Waals surface area (Å²) in [6, 6.07) is 33.5. The molecular weight excluding hydrogens is 636 g/mol. The molecule has 0 amide bonds. The normalized spacial score (nSPS) is 19.7. The van der Waals surface area contributed by atoms with Crippen LogP contribution in [-0.4, -0.2) is 5.11 Å². The van der Waals surface area contributed by atoms with Crippen LogP contribution < -0.4 is 0 Å². The predicted molar refractivity (Wildman–Crippen MR) is 196 cm³/mol. The van der Waals surface area contributed by atoms with Gasteiger partial charge in [-0.15, -0.1) is 0 Å². The first kappa shape index (κ1) is 31.4. The molecular formula is C44H48OZr. The molecule has 5 aromatic carbocycles. The van der Waals surface area contributed by atoms with Gasteiger partial charge in [0.15, 0.2) is 0 Å². The maximum atomic E-state index is 9.84. The van der Waals surface area contributed by atoms with Crippen molar-refractivity contribution in [3.63, 3.8) is 0 Å². The topological polar surface area (TPSA) is 20.2 Å². The van der Waals surface area contributed by atoms with Crippen molar-refractivity contribution in [3.05, 3.63) is 136 Å². The molecule has 2 atom stereocenters. The van der Waals surface area contributed by atoms with Crippen LogP contribution >= 0.6 is 0 Å². The van der Waals surface area contributed by atoms with E-state index >= 15 is 0 Å². The number of phenols is 1. The van der Waals surface area contributed by atoms with Crippen LogP contribution in [0.2, 0.25) is 8.26 Å². The Kier molecular flexibility index (Phi) is 7.64. The van der Waals surface area contributed by atoms with E-state index in [2.05, 4.69) is 146 Å². The zero-order valence-electron chi connectivity index (χ0n) is 28.8. The van der Waals surface area contributed by atoms with Crippen LogP contribution in [-0.2, 0) is 31.1 Å². The Bertz CT molecular complexity index is 1950. The van der Waals surface area contributed by atoms with Crippen molar-refractivity contribution in [2.75, 3.05) is 0 Å². The fourth-order valence-electron chi connectivity index (χ4n) is 8.58. The fraction of sp³-hybridized carbons (Fsp3) is 0.318. The van der Waals surface area contributed by atoms with Crippen LogP contribution in [0.5, 0.6) is 5.75 Å². The Labute approximate surface area is 280 Å². The number of aromatic hydroxyl groups is 1. The Morgan fingerprint density at radius 1 is 0.587 bits per heavy atom. The summed E-state index contributed by atoms with van der Waals surface area (Å²) >= 11 is -2.47. The second-order valence-electron chi connectivity index (χ2n) is 16.2. The molecule has 1 nitrogen and oxygen atoms in total. The summed E-state index contributed by atoms with van der Waals surface area (Å²) in [6.07, 6.45) is 5.07. The van der Waals surface area contributed by atoms with Gasteiger partial charge in [0.2, 0.25) is 0 Å². The van der Waals surface area contributed by atoms with Crippen LogP contribution in [0, 0.1) is 0 Å². The van der Waals surface area contributed by atoms with Crippen molar-refractivity contribution in [1.82, 2.24) is 0 Å². The van der Waals surface area contributed by atoms with Gasteiger partial charge in [-0.05, 0) is 28.0 Å². The van der Waals surface area contributed by atoms with Gasteiger partial charge >= 0.3 is 190 Å². The van der Waals surface area contributed by atoms with E-state index in [1.54, 1.807) is 28.3 Å². The van der Waals surface area contributed by atoms with Crippen molar-refractivity contribution in [3.8, 4) is 5.75 Å². The first-order chi connectivity index (χ1) is 21.8. The zero-order chi connectivity index (χ0) is 32.6. The van der Waals surface area contributed by atoms with Gasteiger partial charge in [-0.2, -0.15) is 0 Å². The molecule has 2 aliphatic carbocycles. The van der Waals surface area contributed by atoms with Crippen molar-refractivity contribution in [1.29, 1.82) is 0 Å². The van der Waals surface area contributed by atoms with Gasteiger partial charge in [-0.1, -0.05) is 53.7 Å². The van der Waals surface area contributed by atoms with Gasteiger partial charge in [0.1, 0.15) is 5.75 Å². The van der Waals surface area contributed by atoms with Crippen LogP contribution in [0.25, 0.3) is 33.7 Å². The minimum atomic E-state index is -2.47. The molecule has 3 aliphatic rings. The van der Waals surface area contributed by atoms with E-state index in [0.29, 0.717) is 5.75 Å². The first-order valence-corrected chi connectivity index (χ1v) is 23.3. The van der Waals surface area contributed by atoms with E-state index in [4.69, 9.17) is 0 Å². The molecule has 5 aromatic rings. The Morgan fingerprint density at radius 3 is 1.50 bits per heavy atom. The number of rotatable bonds is 2. The Balaban J connectivity index is 0.000000192. The van der Waals surface area contributed by atoms with E-state index in [0.717, 1.165) is 12.8 Å². The number of hydrogen-bond acceptors (Lipinski definition) is 1.